The Morgan fingerprint density at radius 3 is 2.57 bits per heavy atom. The lowest BCUT2D eigenvalue weighted by molar-refractivity contribution is 0.103. The minimum Gasteiger partial charge on any atom is -0.507 e. The van der Waals surface area contributed by atoms with Crippen LogP contribution in [0.5, 0.6) is 11.5 Å². The molecule has 2 aromatic carbocycles. The van der Waals surface area contributed by atoms with E-state index in [1.165, 1.54) is 31.4 Å². The largest absolute Gasteiger partial charge is 0.507 e. The van der Waals surface area contributed by atoms with Crippen LogP contribution in [0.1, 0.15) is 26.3 Å². The fourth-order valence-electron chi connectivity index (χ4n) is 2.02. The van der Waals surface area contributed by atoms with Gasteiger partial charge in [0.15, 0.2) is 11.6 Å². The van der Waals surface area contributed by atoms with E-state index in [1.54, 1.807) is 36.4 Å². The number of allylic oxidation sites excluding steroid dienone is 2. The summed E-state index contributed by atoms with van der Waals surface area (Å²) in [7, 11) is 1.48. The van der Waals surface area contributed by atoms with Crippen molar-refractivity contribution in [1.82, 2.24) is 0 Å². The van der Waals surface area contributed by atoms with E-state index in [0.29, 0.717) is 16.9 Å². The van der Waals surface area contributed by atoms with Crippen molar-refractivity contribution < 1.29 is 19.4 Å². The van der Waals surface area contributed by atoms with Gasteiger partial charge in [0.1, 0.15) is 11.5 Å². The molecule has 4 nitrogen and oxygen atoms in total. The van der Waals surface area contributed by atoms with Gasteiger partial charge in [0.2, 0.25) is 0 Å². The molecule has 23 heavy (non-hydrogen) atoms. The van der Waals surface area contributed by atoms with Gasteiger partial charge in [-0.3, -0.25) is 9.59 Å². The number of benzene rings is 2. The first-order chi connectivity index (χ1) is 11.0. The van der Waals surface area contributed by atoms with Crippen LogP contribution in [0, 0.1) is 0 Å². The lowest BCUT2D eigenvalue weighted by Gasteiger charge is -2.04. The van der Waals surface area contributed by atoms with Crippen LogP contribution < -0.4 is 4.74 Å². The van der Waals surface area contributed by atoms with Gasteiger partial charge in [-0.15, -0.1) is 0 Å². The van der Waals surface area contributed by atoms with Gasteiger partial charge in [0.25, 0.3) is 0 Å². The molecule has 0 heterocycles. The maximum atomic E-state index is 12.1. The van der Waals surface area contributed by atoms with Gasteiger partial charge in [-0.05, 0) is 35.9 Å². The minimum atomic E-state index is -0.342. The number of rotatable bonds is 6. The van der Waals surface area contributed by atoms with Crippen molar-refractivity contribution >= 4 is 17.6 Å². The van der Waals surface area contributed by atoms with E-state index in [0.717, 1.165) is 0 Å². The second kappa shape index (κ2) is 7.22. The lowest BCUT2D eigenvalue weighted by Crippen LogP contribution is -1.96. The Balaban J connectivity index is 2.21. The highest BCUT2D eigenvalue weighted by Crippen LogP contribution is 2.24. The summed E-state index contributed by atoms with van der Waals surface area (Å²) in [6, 6.07) is 11.3. The molecule has 0 bridgehead atoms. The number of phenolic OH excluding ortho intramolecular Hbond substituents is 1. The van der Waals surface area contributed by atoms with E-state index >= 15 is 0 Å². The van der Waals surface area contributed by atoms with E-state index in [9.17, 15) is 14.7 Å². The smallest absolute Gasteiger partial charge is 0.189 e. The lowest BCUT2D eigenvalue weighted by atomic mass is 10.0. The molecule has 4 heteroatoms. The molecule has 0 aliphatic carbocycles. The molecule has 0 fully saturated rings. The molecule has 1 N–H and O–H groups in total. The summed E-state index contributed by atoms with van der Waals surface area (Å²) in [6.07, 6.45) is 4.17. The predicted molar refractivity (Wildman–Crippen MR) is 89.0 cm³/mol. The predicted octanol–water partition coefficient (Wildman–Crippen LogP) is 3.67. The molecule has 0 amide bonds. The van der Waals surface area contributed by atoms with Gasteiger partial charge in [-0.2, -0.15) is 0 Å². The molecule has 0 aromatic heterocycles. The summed E-state index contributed by atoms with van der Waals surface area (Å²) in [5, 5.41) is 9.85. The number of ether oxygens (including phenoxy) is 1. The molecule has 2 rings (SSSR count). The number of carbonyl (C=O) groups excluding carboxylic acids is 2. The summed E-state index contributed by atoms with van der Waals surface area (Å²) in [6.45, 7) is 3.44. The number of phenols is 1. The van der Waals surface area contributed by atoms with Crippen molar-refractivity contribution in [2.75, 3.05) is 7.11 Å². The van der Waals surface area contributed by atoms with Crippen LogP contribution in [0.2, 0.25) is 0 Å². The van der Waals surface area contributed by atoms with Gasteiger partial charge in [-0.1, -0.05) is 30.9 Å². The molecule has 0 aliphatic rings. The van der Waals surface area contributed by atoms with Crippen LogP contribution in [-0.4, -0.2) is 23.8 Å². The van der Waals surface area contributed by atoms with Crippen LogP contribution in [-0.2, 0) is 0 Å². The molecule has 0 saturated heterocycles. The first-order valence-corrected chi connectivity index (χ1v) is 6.91. The summed E-state index contributed by atoms with van der Waals surface area (Å²) < 4.78 is 4.98. The van der Waals surface area contributed by atoms with E-state index in [4.69, 9.17) is 4.74 Å². The van der Waals surface area contributed by atoms with Gasteiger partial charge < -0.3 is 9.84 Å². The van der Waals surface area contributed by atoms with E-state index < -0.39 is 0 Å². The SMILES string of the molecule is C=CC(=O)c1cccc(/C=C/C(=O)c2ccc(OC)cc2O)c1. The Morgan fingerprint density at radius 2 is 1.91 bits per heavy atom. The van der Waals surface area contributed by atoms with Crippen LogP contribution in [0.25, 0.3) is 6.08 Å². The molecular weight excluding hydrogens is 292 g/mol. The van der Waals surface area contributed by atoms with Crippen LogP contribution >= 0.6 is 0 Å². The van der Waals surface area contributed by atoms with Gasteiger partial charge >= 0.3 is 0 Å². The minimum absolute atomic E-state index is 0.144. The maximum Gasteiger partial charge on any atom is 0.189 e. The Bertz CT molecular complexity index is 788. The molecule has 0 spiro atoms. The standard InChI is InChI=1S/C19H16O4/c1-3-17(20)14-6-4-5-13(11-14)7-10-18(21)16-9-8-15(23-2)12-19(16)22/h3-12,22H,1H2,2H3/b10-7+. The third kappa shape index (κ3) is 3.95. The topological polar surface area (TPSA) is 63.6 Å². The Hall–Kier alpha value is -3.14. The molecule has 0 aliphatic heterocycles. The summed E-state index contributed by atoms with van der Waals surface area (Å²) in [5.41, 5.74) is 1.39. The Morgan fingerprint density at radius 1 is 1.13 bits per heavy atom. The highest BCUT2D eigenvalue weighted by atomic mass is 16.5. The fourth-order valence-corrected chi connectivity index (χ4v) is 2.02. The maximum absolute atomic E-state index is 12.1. The zero-order valence-corrected chi connectivity index (χ0v) is 12.7. The number of hydrogen-bond donors (Lipinski definition) is 1. The monoisotopic (exact) mass is 308 g/mol. The van der Waals surface area contributed by atoms with Crippen molar-refractivity contribution in [2.24, 2.45) is 0 Å². The second-order valence-electron chi connectivity index (χ2n) is 4.77. The highest BCUT2D eigenvalue weighted by Gasteiger charge is 2.09. The Labute approximate surface area is 134 Å². The van der Waals surface area contributed by atoms with Gasteiger partial charge in [0, 0.05) is 11.6 Å². The molecule has 0 radical (unpaired) electrons. The summed E-state index contributed by atoms with van der Waals surface area (Å²) in [4.78, 5) is 23.7. The molecule has 116 valence electrons. The quantitative estimate of drug-likeness (QED) is 0.653. The number of hydrogen-bond acceptors (Lipinski definition) is 4. The van der Waals surface area contributed by atoms with Crippen LogP contribution in [0.4, 0.5) is 0 Å². The molecular formula is C19H16O4. The molecule has 0 unspecified atom stereocenters. The number of aromatic hydroxyl groups is 1. The van der Waals surface area contributed by atoms with Gasteiger partial charge in [0.05, 0.1) is 12.7 Å². The van der Waals surface area contributed by atoms with E-state index in [1.807, 2.05) is 0 Å². The van der Waals surface area contributed by atoms with Crippen LogP contribution in [0.3, 0.4) is 0 Å². The van der Waals surface area contributed by atoms with Crippen molar-refractivity contribution in [1.29, 1.82) is 0 Å². The third-order valence-corrected chi connectivity index (χ3v) is 3.25. The first-order valence-electron chi connectivity index (χ1n) is 6.91. The number of carbonyl (C=O) groups is 2. The van der Waals surface area contributed by atoms with E-state index in [2.05, 4.69) is 6.58 Å². The average Bonchev–Trinajstić information content (AvgIpc) is 2.59. The van der Waals surface area contributed by atoms with E-state index in [-0.39, 0.29) is 22.9 Å². The average molecular weight is 308 g/mol. The van der Waals surface area contributed by atoms with Crippen molar-refractivity contribution in [2.45, 2.75) is 0 Å². The first kappa shape index (κ1) is 16.2. The second-order valence-corrected chi connectivity index (χ2v) is 4.77. The fraction of sp³-hybridized carbons (Fsp3) is 0.0526. The van der Waals surface area contributed by atoms with Crippen molar-refractivity contribution in [3.8, 4) is 11.5 Å². The van der Waals surface area contributed by atoms with Crippen LogP contribution in [0.15, 0.2) is 61.2 Å². The van der Waals surface area contributed by atoms with Crippen molar-refractivity contribution in [3.63, 3.8) is 0 Å². The van der Waals surface area contributed by atoms with Gasteiger partial charge in [-0.25, -0.2) is 0 Å². The number of methoxy groups -OCH3 is 1. The summed E-state index contributed by atoms with van der Waals surface area (Å²) in [5.74, 6) is -0.196. The van der Waals surface area contributed by atoms with Crippen molar-refractivity contribution in [3.05, 3.63) is 77.9 Å². The molecule has 0 atom stereocenters. The summed E-state index contributed by atoms with van der Waals surface area (Å²) >= 11 is 0. The highest BCUT2D eigenvalue weighted by molar-refractivity contribution is 6.09. The zero-order chi connectivity index (χ0) is 16.8. The zero-order valence-electron chi connectivity index (χ0n) is 12.7. The molecule has 0 saturated carbocycles. The third-order valence-electron chi connectivity index (χ3n) is 3.25. The normalized spacial score (nSPS) is 10.5. The Kier molecular flexibility index (Phi) is 5.10. The molecule has 2 aromatic rings. The number of ketones is 2.